The van der Waals surface area contributed by atoms with Crippen molar-refractivity contribution in [1.82, 2.24) is 4.72 Å². The molecule has 0 amide bonds. The summed E-state index contributed by atoms with van der Waals surface area (Å²) in [7, 11) is -1.77. The number of thiophene rings is 1. The second-order valence-electron chi connectivity index (χ2n) is 3.86. The first-order valence-electron chi connectivity index (χ1n) is 5.77. The lowest BCUT2D eigenvalue weighted by molar-refractivity contribution is 0.192. The summed E-state index contributed by atoms with van der Waals surface area (Å²) in [4.78, 5) is 0.879. The van der Waals surface area contributed by atoms with Crippen LogP contribution in [0.3, 0.4) is 0 Å². The normalized spacial score (nSPS) is 11.9. The smallest absolute Gasteiger partial charge is 0.241 e. The summed E-state index contributed by atoms with van der Waals surface area (Å²) in [5, 5.41) is 10.4. The average Bonchev–Trinajstić information content (AvgIpc) is 2.83. The van der Waals surface area contributed by atoms with Crippen LogP contribution in [0.2, 0.25) is 0 Å². The summed E-state index contributed by atoms with van der Waals surface area (Å²) in [6.07, 6.45) is 2.66. The number of nitrogens with one attached hydrogen (secondary N) is 1. The Kier molecular flexibility index (Phi) is 6.80. The van der Waals surface area contributed by atoms with E-state index in [4.69, 9.17) is 9.84 Å². The molecule has 0 bridgehead atoms. The number of aliphatic hydroxyl groups is 1. The lowest BCUT2D eigenvalue weighted by Crippen LogP contribution is -2.24. The Morgan fingerprint density at radius 3 is 2.78 bits per heavy atom. The monoisotopic (exact) mass is 293 g/mol. The molecule has 0 radical (unpaired) electrons. The van der Waals surface area contributed by atoms with Crippen LogP contribution in [0, 0.1) is 0 Å². The Hall–Kier alpha value is -0.470. The summed E-state index contributed by atoms with van der Waals surface area (Å²) in [6, 6.07) is 1.50. The average molecular weight is 293 g/mol. The van der Waals surface area contributed by atoms with Gasteiger partial charge < -0.3 is 9.84 Å². The first-order valence-corrected chi connectivity index (χ1v) is 8.13. The number of methoxy groups -OCH3 is 1. The summed E-state index contributed by atoms with van der Waals surface area (Å²) < 4.78 is 31.1. The van der Waals surface area contributed by atoms with Crippen molar-refractivity contribution in [2.75, 3.05) is 20.3 Å². The number of hydrogen-bond acceptors (Lipinski definition) is 5. The third-order valence-corrected chi connectivity index (χ3v) is 4.92. The molecule has 0 aliphatic carbocycles. The lowest BCUT2D eigenvalue weighted by Gasteiger charge is -2.04. The summed E-state index contributed by atoms with van der Waals surface area (Å²) in [5.41, 5.74) is 0. The van der Waals surface area contributed by atoms with Gasteiger partial charge in [-0.3, -0.25) is 0 Å². The van der Waals surface area contributed by atoms with Crippen LogP contribution in [0.5, 0.6) is 0 Å². The van der Waals surface area contributed by atoms with Gasteiger partial charge in [-0.2, -0.15) is 0 Å². The van der Waals surface area contributed by atoms with Gasteiger partial charge in [0.15, 0.2) is 0 Å². The quantitative estimate of drug-likeness (QED) is 0.674. The molecule has 1 rings (SSSR count). The van der Waals surface area contributed by atoms with Crippen LogP contribution < -0.4 is 4.72 Å². The molecule has 0 saturated heterocycles. The molecule has 1 heterocycles. The molecule has 2 N–H and O–H groups in total. The van der Waals surface area contributed by atoms with Crippen LogP contribution in [-0.2, 0) is 21.4 Å². The van der Waals surface area contributed by atoms with Gasteiger partial charge in [0, 0.05) is 30.5 Å². The second-order valence-corrected chi connectivity index (χ2v) is 6.62. The fourth-order valence-corrected chi connectivity index (χ4v) is 3.63. The molecule has 18 heavy (non-hydrogen) atoms. The van der Waals surface area contributed by atoms with Crippen LogP contribution in [-0.4, -0.2) is 33.8 Å². The van der Waals surface area contributed by atoms with Gasteiger partial charge in [-0.05, 0) is 25.3 Å². The van der Waals surface area contributed by atoms with Crippen molar-refractivity contribution in [3.63, 3.8) is 0 Å². The van der Waals surface area contributed by atoms with Gasteiger partial charge in [0.05, 0.1) is 11.5 Å². The Morgan fingerprint density at radius 1 is 1.39 bits per heavy atom. The second kappa shape index (κ2) is 7.85. The number of ether oxygens (including phenoxy) is 1. The topological polar surface area (TPSA) is 75.6 Å². The summed E-state index contributed by atoms with van der Waals surface area (Å²) >= 11 is 1.24. The first-order chi connectivity index (χ1) is 8.60. The largest absolute Gasteiger partial charge is 0.391 e. The van der Waals surface area contributed by atoms with E-state index in [1.165, 1.54) is 17.4 Å². The molecule has 0 aliphatic heterocycles. The van der Waals surface area contributed by atoms with Crippen molar-refractivity contribution in [3.8, 4) is 0 Å². The van der Waals surface area contributed by atoms with Gasteiger partial charge in [-0.15, -0.1) is 11.3 Å². The molecule has 0 spiro atoms. The first kappa shape index (κ1) is 15.6. The summed E-state index contributed by atoms with van der Waals surface area (Å²) in [5.74, 6) is 0. The summed E-state index contributed by atoms with van der Waals surface area (Å²) in [6.45, 7) is 1.00. The molecular weight excluding hydrogens is 274 g/mol. The van der Waals surface area contributed by atoms with Gasteiger partial charge in [-0.1, -0.05) is 0 Å². The van der Waals surface area contributed by atoms with Crippen molar-refractivity contribution in [3.05, 3.63) is 16.3 Å². The number of sulfonamides is 1. The van der Waals surface area contributed by atoms with Gasteiger partial charge in [0.2, 0.25) is 10.0 Å². The maximum atomic E-state index is 11.8. The van der Waals surface area contributed by atoms with Crippen molar-refractivity contribution in [2.24, 2.45) is 0 Å². The van der Waals surface area contributed by atoms with Crippen LogP contribution in [0.4, 0.5) is 0 Å². The SMILES string of the molecule is COCCCCCNS(=O)(=O)c1csc(CO)c1. The minimum absolute atomic E-state index is 0.128. The van der Waals surface area contributed by atoms with E-state index in [2.05, 4.69) is 4.72 Å². The molecule has 0 fully saturated rings. The number of hydrogen-bond donors (Lipinski definition) is 2. The number of unbranched alkanes of at least 4 members (excludes halogenated alkanes) is 2. The van der Waals surface area contributed by atoms with E-state index in [0.29, 0.717) is 18.0 Å². The predicted molar refractivity (Wildman–Crippen MR) is 71.2 cm³/mol. The lowest BCUT2D eigenvalue weighted by atomic mass is 10.2. The van der Waals surface area contributed by atoms with E-state index in [9.17, 15) is 8.42 Å². The predicted octanol–water partition coefficient (Wildman–Crippen LogP) is 1.34. The molecule has 104 valence electrons. The number of aliphatic hydroxyl groups excluding tert-OH is 1. The van der Waals surface area contributed by atoms with Crippen molar-refractivity contribution in [1.29, 1.82) is 0 Å². The Morgan fingerprint density at radius 2 is 2.17 bits per heavy atom. The Labute approximate surface area is 112 Å². The van der Waals surface area contributed by atoms with E-state index in [1.54, 1.807) is 12.5 Å². The highest BCUT2D eigenvalue weighted by atomic mass is 32.2. The third-order valence-electron chi connectivity index (χ3n) is 2.41. The van der Waals surface area contributed by atoms with Crippen molar-refractivity contribution >= 4 is 21.4 Å². The minimum Gasteiger partial charge on any atom is -0.391 e. The fourth-order valence-electron chi connectivity index (χ4n) is 1.42. The highest BCUT2D eigenvalue weighted by molar-refractivity contribution is 7.89. The highest BCUT2D eigenvalue weighted by Crippen LogP contribution is 2.18. The van der Waals surface area contributed by atoms with E-state index in [-0.39, 0.29) is 11.5 Å². The molecule has 7 heteroatoms. The molecule has 0 aromatic carbocycles. The third kappa shape index (κ3) is 5.03. The Balaban J connectivity index is 2.36. The molecule has 0 aliphatic rings. The van der Waals surface area contributed by atoms with Gasteiger partial charge in [0.25, 0.3) is 0 Å². The standard InChI is InChI=1S/C11H19NO4S2/c1-16-6-4-2-3-5-12-18(14,15)11-7-10(8-13)17-9-11/h7,9,12-13H,2-6,8H2,1H3. The van der Waals surface area contributed by atoms with Crippen LogP contribution >= 0.6 is 11.3 Å². The van der Waals surface area contributed by atoms with Crippen LogP contribution in [0.15, 0.2) is 16.3 Å². The van der Waals surface area contributed by atoms with Gasteiger partial charge in [0.1, 0.15) is 0 Å². The molecule has 1 aromatic heterocycles. The van der Waals surface area contributed by atoms with Gasteiger partial charge in [-0.25, -0.2) is 13.1 Å². The van der Waals surface area contributed by atoms with Crippen LogP contribution in [0.1, 0.15) is 24.1 Å². The molecule has 0 saturated carbocycles. The maximum Gasteiger partial charge on any atom is 0.241 e. The minimum atomic E-state index is -3.42. The molecule has 5 nitrogen and oxygen atoms in total. The van der Waals surface area contributed by atoms with E-state index in [0.717, 1.165) is 19.3 Å². The number of rotatable bonds is 9. The van der Waals surface area contributed by atoms with Crippen molar-refractivity contribution < 1.29 is 18.3 Å². The highest BCUT2D eigenvalue weighted by Gasteiger charge is 2.15. The zero-order valence-electron chi connectivity index (χ0n) is 10.4. The van der Waals surface area contributed by atoms with E-state index in [1.807, 2.05) is 0 Å². The van der Waals surface area contributed by atoms with E-state index >= 15 is 0 Å². The maximum absolute atomic E-state index is 11.8. The molecular formula is C11H19NO4S2. The Bertz CT molecular complexity index is 442. The van der Waals surface area contributed by atoms with Gasteiger partial charge >= 0.3 is 0 Å². The van der Waals surface area contributed by atoms with Crippen molar-refractivity contribution in [2.45, 2.75) is 30.8 Å². The zero-order valence-corrected chi connectivity index (χ0v) is 12.0. The zero-order chi connectivity index (χ0) is 13.4. The molecule has 0 atom stereocenters. The van der Waals surface area contributed by atoms with Crippen LogP contribution in [0.25, 0.3) is 0 Å². The molecule has 1 aromatic rings. The van der Waals surface area contributed by atoms with E-state index < -0.39 is 10.0 Å². The molecule has 0 unspecified atom stereocenters. The fraction of sp³-hybridized carbons (Fsp3) is 0.636.